The van der Waals surface area contributed by atoms with Crippen LogP contribution in [0.4, 0.5) is 5.82 Å². The summed E-state index contributed by atoms with van der Waals surface area (Å²) in [5.74, 6) is 0.727. The Kier molecular flexibility index (Phi) is 3.90. The van der Waals surface area contributed by atoms with E-state index in [1.807, 2.05) is 16.8 Å². The van der Waals surface area contributed by atoms with Crippen LogP contribution in [0, 0.1) is 15.9 Å². The molecular weight excluding hydrogens is 349 g/mol. The summed E-state index contributed by atoms with van der Waals surface area (Å²) >= 11 is 2.29. The van der Waals surface area contributed by atoms with Crippen molar-refractivity contribution in [3.63, 3.8) is 0 Å². The summed E-state index contributed by atoms with van der Waals surface area (Å²) in [6, 6.07) is 8.24. The van der Waals surface area contributed by atoms with Gasteiger partial charge in [0.1, 0.15) is 5.82 Å². The molecule has 1 heterocycles. The third-order valence-corrected chi connectivity index (χ3v) is 4.05. The second-order valence-electron chi connectivity index (χ2n) is 6.13. The van der Waals surface area contributed by atoms with Crippen molar-refractivity contribution in [2.75, 3.05) is 5.73 Å². The van der Waals surface area contributed by atoms with E-state index in [1.165, 1.54) is 5.56 Å². The maximum atomic E-state index is 6.20. The number of benzene rings is 1. The number of aromatic nitrogens is 2. The topological polar surface area (TPSA) is 43.8 Å². The SMILES string of the molecule is Cc1cccc(-n2nc(CC(C)(C)C)c(I)c2N)c1. The predicted octanol–water partition coefficient (Wildman–Crippen LogP) is 3.96. The number of rotatable bonds is 2. The molecule has 0 saturated heterocycles. The minimum atomic E-state index is 0.206. The molecule has 0 aliphatic carbocycles. The minimum absolute atomic E-state index is 0.206. The lowest BCUT2D eigenvalue weighted by Crippen LogP contribution is -2.10. The molecule has 1 aromatic heterocycles. The second kappa shape index (κ2) is 5.15. The molecule has 0 aliphatic heterocycles. The Morgan fingerprint density at radius 1 is 1.32 bits per heavy atom. The fourth-order valence-electron chi connectivity index (χ4n) is 2.03. The lowest BCUT2D eigenvalue weighted by Gasteiger charge is -2.16. The normalized spacial score (nSPS) is 11.8. The van der Waals surface area contributed by atoms with E-state index in [2.05, 4.69) is 62.4 Å². The lowest BCUT2D eigenvalue weighted by atomic mass is 9.91. The molecule has 102 valence electrons. The highest BCUT2D eigenvalue weighted by Crippen LogP contribution is 2.28. The van der Waals surface area contributed by atoms with Gasteiger partial charge < -0.3 is 5.73 Å². The summed E-state index contributed by atoms with van der Waals surface area (Å²) in [7, 11) is 0. The van der Waals surface area contributed by atoms with Crippen LogP contribution in [0.25, 0.3) is 5.69 Å². The van der Waals surface area contributed by atoms with Gasteiger partial charge in [-0.05, 0) is 59.0 Å². The van der Waals surface area contributed by atoms with Gasteiger partial charge in [0.2, 0.25) is 0 Å². The molecule has 0 radical (unpaired) electrons. The number of nitrogens with zero attached hydrogens (tertiary/aromatic N) is 2. The maximum Gasteiger partial charge on any atom is 0.141 e. The molecule has 3 nitrogen and oxygen atoms in total. The zero-order chi connectivity index (χ0) is 14.2. The molecular formula is C15H20IN3. The van der Waals surface area contributed by atoms with Crippen LogP contribution in [0.3, 0.4) is 0 Å². The van der Waals surface area contributed by atoms with Crippen LogP contribution >= 0.6 is 22.6 Å². The highest BCUT2D eigenvalue weighted by molar-refractivity contribution is 14.1. The van der Waals surface area contributed by atoms with Gasteiger partial charge in [0.25, 0.3) is 0 Å². The van der Waals surface area contributed by atoms with E-state index in [1.54, 1.807) is 0 Å². The first-order valence-corrected chi connectivity index (χ1v) is 7.46. The summed E-state index contributed by atoms with van der Waals surface area (Å²) in [6.07, 6.45) is 0.925. The van der Waals surface area contributed by atoms with E-state index in [0.29, 0.717) is 0 Å². The number of halogens is 1. The summed E-state index contributed by atoms with van der Waals surface area (Å²) in [5.41, 5.74) is 9.71. The number of nitrogen functional groups attached to an aromatic ring is 1. The van der Waals surface area contributed by atoms with Gasteiger partial charge in [-0.2, -0.15) is 5.10 Å². The van der Waals surface area contributed by atoms with Gasteiger partial charge in [0.15, 0.2) is 0 Å². The Bertz CT molecular complexity index is 594. The average Bonchev–Trinajstić information content (AvgIpc) is 2.55. The Hall–Kier alpha value is -1.04. The smallest absolute Gasteiger partial charge is 0.141 e. The third kappa shape index (κ3) is 3.29. The molecule has 0 unspecified atom stereocenters. The number of hydrogen-bond acceptors (Lipinski definition) is 2. The van der Waals surface area contributed by atoms with Gasteiger partial charge in [-0.15, -0.1) is 0 Å². The standard InChI is InChI=1S/C15H20IN3/c1-10-6-5-7-11(8-10)19-14(17)13(16)12(18-19)9-15(2,3)4/h5-8H,9,17H2,1-4H3. The molecule has 2 rings (SSSR count). The van der Waals surface area contributed by atoms with Crippen molar-refractivity contribution >= 4 is 28.4 Å². The largest absolute Gasteiger partial charge is 0.383 e. The molecule has 0 atom stereocenters. The number of hydrogen-bond donors (Lipinski definition) is 1. The first-order chi connectivity index (χ1) is 8.78. The quantitative estimate of drug-likeness (QED) is 0.815. The van der Waals surface area contributed by atoms with Crippen molar-refractivity contribution in [3.8, 4) is 5.69 Å². The van der Waals surface area contributed by atoms with Crippen molar-refractivity contribution in [2.45, 2.75) is 34.1 Å². The van der Waals surface area contributed by atoms with Gasteiger partial charge in [0.05, 0.1) is 15.0 Å². The van der Waals surface area contributed by atoms with E-state index in [4.69, 9.17) is 10.8 Å². The molecule has 0 spiro atoms. The molecule has 0 fully saturated rings. The number of aryl methyl sites for hydroxylation is 1. The number of nitrogens with two attached hydrogens (primary N) is 1. The van der Waals surface area contributed by atoms with Gasteiger partial charge in [-0.1, -0.05) is 32.9 Å². The summed E-state index contributed by atoms with van der Waals surface area (Å²) < 4.78 is 2.91. The third-order valence-electron chi connectivity index (χ3n) is 2.87. The molecule has 2 N–H and O–H groups in total. The first kappa shape index (κ1) is 14.4. The molecule has 4 heteroatoms. The molecule has 0 bridgehead atoms. The minimum Gasteiger partial charge on any atom is -0.383 e. The Morgan fingerprint density at radius 2 is 2.00 bits per heavy atom. The van der Waals surface area contributed by atoms with Crippen LogP contribution in [-0.4, -0.2) is 9.78 Å². The monoisotopic (exact) mass is 369 g/mol. The first-order valence-electron chi connectivity index (χ1n) is 6.38. The maximum absolute atomic E-state index is 6.20. The van der Waals surface area contributed by atoms with Crippen molar-refractivity contribution in [1.29, 1.82) is 0 Å². The number of anilines is 1. The molecule has 0 saturated carbocycles. The zero-order valence-corrected chi connectivity index (χ0v) is 14.0. The Balaban J connectivity index is 2.46. The molecule has 2 aromatic rings. The van der Waals surface area contributed by atoms with E-state index in [-0.39, 0.29) is 5.41 Å². The van der Waals surface area contributed by atoms with Crippen molar-refractivity contribution < 1.29 is 0 Å². The van der Waals surface area contributed by atoms with E-state index >= 15 is 0 Å². The summed E-state index contributed by atoms with van der Waals surface area (Å²) in [5, 5.41) is 4.69. The average molecular weight is 369 g/mol. The van der Waals surface area contributed by atoms with Crippen LogP contribution in [0.1, 0.15) is 32.0 Å². The Morgan fingerprint density at radius 3 is 2.58 bits per heavy atom. The molecule has 19 heavy (non-hydrogen) atoms. The lowest BCUT2D eigenvalue weighted by molar-refractivity contribution is 0.404. The Labute approximate surface area is 128 Å². The van der Waals surface area contributed by atoms with E-state index < -0.39 is 0 Å². The summed E-state index contributed by atoms with van der Waals surface area (Å²) in [4.78, 5) is 0. The molecule has 0 amide bonds. The summed E-state index contributed by atoms with van der Waals surface area (Å²) in [6.45, 7) is 8.71. The van der Waals surface area contributed by atoms with Crippen LogP contribution in [0.15, 0.2) is 24.3 Å². The fraction of sp³-hybridized carbons (Fsp3) is 0.400. The highest BCUT2D eigenvalue weighted by atomic mass is 127. The zero-order valence-electron chi connectivity index (χ0n) is 11.9. The van der Waals surface area contributed by atoms with Gasteiger partial charge in [-0.3, -0.25) is 0 Å². The van der Waals surface area contributed by atoms with Crippen molar-refractivity contribution in [1.82, 2.24) is 9.78 Å². The molecule has 0 aliphatic rings. The van der Waals surface area contributed by atoms with Gasteiger partial charge in [-0.25, -0.2) is 4.68 Å². The highest BCUT2D eigenvalue weighted by Gasteiger charge is 2.20. The van der Waals surface area contributed by atoms with Crippen LogP contribution in [-0.2, 0) is 6.42 Å². The van der Waals surface area contributed by atoms with Crippen molar-refractivity contribution in [3.05, 3.63) is 39.1 Å². The van der Waals surface area contributed by atoms with E-state index in [9.17, 15) is 0 Å². The van der Waals surface area contributed by atoms with Crippen LogP contribution < -0.4 is 5.73 Å². The van der Waals surface area contributed by atoms with Gasteiger partial charge >= 0.3 is 0 Å². The second-order valence-corrected chi connectivity index (χ2v) is 7.21. The van der Waals surface area contributed by atoms with Gasteiger partial charge in [0, 0.05) is 0 Å². The van der Waals surface area contributed by atoms with Crippen LogP contribution in [0.5, 0.6) is 0 Å². The molecule has 1 aromatic carbocycles. The van der Waals surface area contributed by atoms with Crippen molar-refractivity contribution in [2.24, 2.45) is 5.41 Å². The fourth-order valence-corrected chi connectivity index (χ4v) is 2.56. The van der Waals surface area contributed by atoms with E-state index in [0.717, 1.165) is 27.2 Å². The van der Waals surface area contributed by atoms with Crippen LogP contribution in [0.2, 0.25) is 0 Å². The predicted molar refractivity (Wildman–Crippen MR) is 88.6 cm³/mol.